The maximum atomic E-state index is 11.6. The molecule has 0 heterocycles. The Balaban J connectivity index is 1.78. The van der Waals surface area contributed by atoms with Crippen molar-refractivity contribution in [1.82, 2.24) is 5.43 Å². The molecule has 0 aliphatic heterocycles. The summed E-state index contributed by atoms with van der Waals surface area (Å²) in [5, 5.41) is 4.48. The van der Waals surface area contributed by atoms with Gasteiger partial charge in [-0.3, -0.25) is 4.79 Å². The molecule has 0 saturated heterocycles. The Bertz CT molecular complexity index is 644. The average molecular weight is 368 g/mol. The molecular weight excluding hydrogens is 356 g/mol. The Morgan fingerprint density at radius 1 is 1.29 bits per heavy atom. The molecule has 2 aromatic rings. The maximum Gasteiger partial charge on any atom is 0.277 e. The van der Waals surface area contributed by atoms with Gasteiger partial charge in [-0.25, -0.2) is 5.43 Å². The Morgan fingerprint density at radius 3 is 2.76 bits per heavy atom. The summed E-state index contributed by atoms with van der Waals surface area (Å²) in [7, 11) is 0. The second-order valence-corrected chi connectivity index (χ2v) is 5.44. The lowest BCUT2D eigenvalue weighted by atomic mass is 10.2. The van der Waals surface area contributed by atoms with Crippen LogP contribution < -0.4 is 10.2 Å². The number of hydrogen-bond acceptors (Lipinski definition) is 3. The second kappa shape index (κ2) is 7.81. The average Bonchev–Trinajstić information content (AvgIpc) is 2.47. The van der Waals surface area contributed by atoms with Crippen molar-refractivity contribution in [3.8, 4) is 5.75 Å². The number of rotatable bonds is 5. The zero-order valence-electron chi connectivity index (χ0n) is 10.9. The van der Waals surface area contributed by atoms with Gasteiger partial charge in [-0.05, 0) is 42.0 Å². The third-order valence-electron chi connectivity index (χ3n) is 2.44. The van der Waals surface area contributed by atoms with E-state index in [2.05, 4.69) is 26.5 Å². The fraction of sp³-hybridized carbons (Fsp3) is 0.0667. The summed E-state index contributed by atoms with van der Waals surface area (Å²) >= 11 is 9.12. The monoisotopic (exact) mass is 366 g/mol. The first-order valence-corrected chi connectivity index (χ1v) is 7.26. The van der Waals surface area contributed by atoms with E-state index >= 15 is 0 Å². The van der Waals surface area contributed by atoms with Crippen molar-refractivity contribution in [1.29, 1.82) is 0 Å². The molecule has 0 aliphatic rings. The minimum absolute atomic E-state index is 0.114. The number of carbonyl (C=O) groups excluding carboxylic acids is 1. The first kappa shape index (κ1) is 15.5. The number of nitrogens with one attached hydrogen (secondary N) is 1. The number of benzene rings is 2. The molecule has 2 aromatic carbocycles. The predicted octanol–water partition coefficient (Wildman–Crippen LogP) is 3.63. The van der Waals surface area contributed by atoms with Gasteiger partial charge in [-0.2, -0.15) is 5.10 Å². The van der Waals surface area contributed by atoms with Gasteiger partial charge in [-0.15, -0.1) is 0 Å². The Hall–Kier alpha value is -1.85. The zero-order valence-corrected chi connectivity index (χ0v) is 13.3. The quantitative estimate of drug-likeness (QED) is 0.648. The highest BCUT2D eigenvalue weighted by molar-refractivity contribution is 9.10. The first-order valence-electron chi connectivity index (χ1n) is 6.09. The van der Waals surface area contributed by atoms with Gasteiger partial charge in [0.25, 0.3) is 5.91 Å². The van der Waals surface area contributed by atoms with E-state index in [4.69, 9.17) is 16.3 Å². The lowest BCUT2D eigenvalue weighted by Gasteiger charge is -2.04. The van der Waals surface area contributed by atoms with Crippen LogP contribution in [-0.2, 0) is 4.79 Å². The van der Waals surface area contributed by atoms with Crippen LogP contribution in [0.15, 0.2) is 58.1 Å². The van der Waals surface area contributed by atoms with E-state index in [-0.39, 0.29) is 12.5 Å². The van der Waals surface area contributed by atoms with Crippen molar-refractivity contribution < 1.29 is 9.53 Å². The molecule has 108 valence electrons. The van der Waals surface area contributed by atoms with Gasteiger partial charge in [0.1, 0.15) is 5.75 Å². The minimum Gasteiger partial charge on any atom is -0.484 e. The summed E-state index contributed by atoms with van der Waals surface area (Å²) in [6.45, 7) is -0.114. The van der Waals surface area contributed by atoms with Gasteiger partial charge >= 0.3 is 0 Å². The molecule has 0 atom stereocenters. The van der Waals surface area contributed by atoms with Crippen molar-refractivity contribution in [2.45, 2.75) is 0 Å². The largest absolute Gasteiger partial charge is 0.484 e. The van der Waals surface area contributed by atoms with Gasteiger partial charge in [0.15, 0.2) is 6.61 Å². The topological polar surface area (TPSA) is 50.7 Å². The van der Waals surface area contributed by atoms with Crippen LogP contribution in [0, 0.1) is 0 Å². The van der Waals surface area contributed by atoms with E-state index in [9.17, 15) is 4.79 Å². The summed E-state index contributed by atoms with van der Waals surface area (Å²) in [6.07, 6.45) is 1.56. The van der Waals surface area contributed by atoms with Gasteiger partial charge < -0.3 is 4.74 Å². The van der Waals surface area contributed by atoms with E-state index in [1.165, 1.54) is 0 Å². The third-order valence-corrected chi connectivity index (χ3v) is 3.18. The van der Waals surface area contributed by atoms with Gasteiger partial charge in [0.05, 0.1) is 6.21 Å². The summed E-state index contributed by atoms with van der Waals surface area (Å²) in [5.41, 5.74) is 3.27. The molecule has 0 fully saturated rings. The zero-order chi connectivity index (χ0) is 15.1. The summed E-state index contributed by atoms with van der Waals surface area (Å²) < 4.78 is 6.24. The minimum atomic E-state index is -0.337. The Morgan fingerprint density at radius 2 is 2.05 bits per heavy atom. The van der Waals surface area contributed by atoms with Gasteiger partial charge in [0.2, 0.25) is 0 Å². The summed E-state index contributed by atoms with van der Waals surface area (Å²) in [4.78, 5) is 11.6. The fourth-order valence-electron chi connectivity index (χ4n) is 1.48. The number of carbonyl (C=O) groups is 1. The van der Waals surface area contributed by atoms with Crippen LogP contribution in [-0.4, -0.2) is 18.7 Å². The Labute approximate surface area is 135 Å². The molecule has 6 heteroatoms. The molecule has 1 N–H and O–H groups in total. The molecule has 1 amide bonds. The molecule has 0 aliphatic carbocycles. The first-order chi connectivity index (χ1) is 10.1. The molecule has 0 aromatic heterocycles. The number of ether oxygens (including phenoxy) is 1. The van der Waals surface area contributed by atoms with Crippen LogP contribution in [0.3, 0.4) is 0 Å². The maximum absolute atomic E-state index is 11.6. The van der Waals surface area contributed by atoms with Crippen LogP contribution in [0.25, 0.3) is 0 Å². The van der Waals surface area contributed by atoms with E-state index in [1.807, 2.05) is 24.3 Å². The normalized spacial score (nSPS) is 10.6. The van der Waals surface area contributed by atoms with Crippen LogP contribution in [0.4, 0.5) is 0 Å². The Kier molecular flexibility index (Phi) is 5.78. The SMILES string of the molecule is O=C(COc1ccc(Cl)cc1)N/N=C\c1cccc(Br)c1. The van der Waals surface area contributed by atoms with Crippen molar-refractivity contribution >= 4 is 39.7 Å². The fourth-order valence-corrected chi connectivity index (χ4v) is 2.02. The second-order valence-electron chi connectivity index (χ2n) is 4.09. The van der Waals surface area contributed by atoms with Crippen molar-refractivity contribution in [3.63, 3.8) is 0 Å². The lowest BCUT2D eigenvalue weighted by Crippen LogP contribution is -2.24. The molecular formula is C15H12BrClN2O2. The molecule has 0 spiro atoms. The number of hydrogen-bond donors (Lipinski definition) is 1. The smallest absolute Gasteiger partial charge is 0.277 e. The van der Waals surface area contributed by atoms with Crippen molar-refractivity contribution in [2.75, 3.05) is 6.61 Å². The highest BCUT2D eigenvalue weighted by atomic mass is 79.9. The molecule has 4 nitrogen and oxygen atoms in total. The van der Waals surface area contributed by atoms with E-state index < -0.39 is 0 Å². The predicted molar refractivity (Wildman–Crippen MR) is 86.8 cm³/mol. The van der Waals surface area contributed by atoms with Crippen LogP contribution in [0.1, 0.15) is 5.56 Å². The third kappa shape index (κ3) is 5.57. The molecule has 2 rings (SSSR count). The highest BCUT2D eigenvalue weighted by Gasteiger charge is 2.01. The molecule has 0 saturated carbocycles. The molecule has 0 radical (unpaired) electrons. The van der Waals surface area contributed by atoms with Crippen molar-refractivity contribution in [2.24, 2.45) is 5.10 Å². The molecule has 0 bridgehead atoms. The van der Waals surface area contributed by atoms with E-state index in [1.54, 1.807) is 30.5 Å². The highest BCUT2D eigenvalue weighted by Crippen LogP contribution is 2.15. The molecule has 21 heavy (non-hydrogen) atoms. The van der Waals surface area contributed by atoms with Gasteiger partial charge in [-0.1, -0.05) is 39.7 Å². The van der Waals surface area contributed by atoms with Gasteiger partial charge in [0, 0.05) is 9.50 Å². The number of amides is 1. The van der Waals surface area contributed by atoms with Crippen LogP contribution in [0.5, 0.6) is 5.75 Å². The summed E-state index contributed by atoms with van der Waals surface area (Å²) in [5.74, 6) is 0.238. The molecule has 0 unspecified atom stereocenters. The number of halogens is 2. The summed E-state index contributed by atoms with van der Waals surface area (Å²) in [6, 6.07) is 14.3. The number of nitrogens with zero attached hydrogens (tertiary/aromatic N) is 1. The van der Waals surface area contributed by atoms with Crippen LogP contribution in [0.2, 0.25) is 5.02 Å². The van der Waals surface area contributed by atoms with Crippen LogP contribution >= 0.6 is 27.5 Å². The lowest BCUT2D eigenvalue weighted by molar-refractivity contribution is -0.123. The van der Waals surface area contributed by atoms with E-state index in [0.717, 1.165) is 10.0 Å². The van der Waals surface area contributed by atoms with E-state index in [0.29, 0.717) is 10.8 Å². The number of hydrazone groups is 1. The standard InChI is InChI=1S/C15H12BrClN2O2/c16-12-3-1-2-11(8-12)9-18-19-15(20)10-21-14-6-4-13(17)5-7-14/h1-9H,10H2,(H,19,20)/b18-9-. The van der Waals surface area contributed by atoms with Crippen molar-refractivity contribution in [3.05, 3.63) is 63.6 Å².